The van der Waals surface area contributed by atoms with Crippen LogP contribution in [0, 0.1) is 0 Å². The molecule has 0 atom stereocenters. The van der Waals surface area contributed by atoms with Crippen LogP contribution in [0.25, 0.3) is 0 Å². The Balaban J connectivity index is 2.70. The second kappa shape index (κ2) is 3.88. The van der Waals surface area contributed by atoms with E-state index in [9.17, 15) is 4.79 Å². The summed E-state index contributed by atoms with van der Waals surface area (Å²) in [6.45, 7) is 2.82. The second-order valence-corrected chi connectivity index (χ2v) is 2.04. The van der Waals surface area contributed by atoms with Crippen LogP contribution in [0.3, 0.4) is 0 Å². The van der Waals surface area contributed by atoms with Gasteiger partial charge >= 0.3 is 0 Å². The zero-order valence-electron chi connectivity index (χ0n) is 6.33. The molecular weight excluding hydrogens is 144 g/mol. The molecule has 0 unspecified atom stereocenters. The maximum Gasteiger partial charge on any atom is 0.256 e. The average Bonchev–Trinajstić information content (AvgIpc) is 2.03. The number of aromatic nitrogens is 2. The van der Waals surface area contributed by atoms with E-state index >= 15 is 0 Å². The Labute approximate surface area is 64.2 Å². The largest absolute Gasteiger partial charge is 0.377 e. The predicted molar refractivity (Wildman–Crippen MR) is 40.2 cm³/mol. The summed E-state index contributed by atoms with van der Waals surface area (Å²) in [5, 5.41) is 0. The summed E-state index contributed by atoms with van der Waals surface area (Å²) in [6.07, 6.45) is 2.87. The van der Waals surface area contributed by atoms with Gasteiger partial charge in [0.15, 0.2) is 0 Å². The fraction of sp³-hybridized carbons (Fsp3) is 0.429. The Hall–Kier alpha value is -1.16. The first-order valence-corrected chi connectivity index (χ1v) is 3.44. The molecule has 1 aromatic heterocycles. The molecule has 0 amide bonds. The van der Waals surface area contributed by atoms with Crippen molar-refractivity contribution in [1.82, 2.24) is 9.97 Å². The number of hydrogen-bond donors (Lipinski definition) is 1. The Morgan fingerprint density at radius 2 is 2.55 bits per heavy atom. The number of H-pyrrole nitrogens is 1. The van der Waals surface area contributed by atoms with Crippen LogP contribution in [0.1, 0.15) is 12.5 Å². The van der Waals surface area contributed by atoms with Crippen LogP contribution in [-0.4, -0.2) is 16.6 Å². The van der Waals surface area contributed by atoms with Crippen molar-refractivity contribution < 1.29 is 4.74 Å². The van der Waals surface area contributed by atoms with E-state index in [2.05, 4.69) is 9.97 Å². The molecule has 0 aliphatic rings. The van der Waals surface area contributed by atoms with Crippen molar-refractivity contribution in [3.05, 3.63) is 28.4 Å². The van der Waals surface area contributed by atoms with Crippen molar-refractivity contribution in [2.75, 3.05) is 6.61 Å². The summed E-state index contributed by atoms with van der Waals surface area (Å²) in [7, 11) is 0. The van der Waals surface area contributed by atoms with Crippen molar-refractivity contribution in [2.45, 2.75) is 13.5 Å². The van der Waals surface area contributed by atoms with Gasteiger partial charge in [-0.3, -0.25) is 4.79 Å². The quantitative estimate of drug-likeness (QED) is 0.681. The van der Waals surface area contributed by atoms with Crippen LogP contribution in [0.5, 0.6) is 0 Å². The molecule has 0 radical (unpaired) electrons. The molecule has 0 saturated heterocycles. The van der Waals surface area contributed by atoms with E-state index in [1.165, 1.54) is 12.5 Å². The highest BCUT2D eigenvalue weighted by molar-refractivity contribution is 5.00. The maximum absolute atomic E-state index is 10.9. The number of nitrogens with one attached hydrogen (secondary N) is 1. The molecule has 0 fully saturated rings. The van der Waals surface area contributed by atoms with E-state index in [0.717, 1.165) is 0 Å². The number of nitrogens with zero attached hydrogens (tertiary/aromatic N) is 1. The predicted octanol–water partition coefficient (Wildman–Crippen LogP) is 0.306. The third-order valence-corrected chi connectivity index (χ3v) is 1.25. The maximum atomic E-state index is 10.9. The van der Waals surface area contributed by atoms with Gasteiger partial charge in [-0.1, -0.05) is 0 Å². The topological polar surface area (TPSA) is 55.0 Å². The van der Waals surface area contributed by atoms with Crippen LogP contribution in [0.15, 0.2) is 17.3 Å². The Morgan fingerprint density at radius 3 is 3.18 bits per heavy atom. The molecule has 4 nitrogen and oxygen atoms in total. The lowest BCUT2D eigenvalue weighted by Gasteiger charge is -1.97. The molecule has 0 aromatic carbocycles. The summed E-state index contributed by atoms with van der Waals surface area (Å²) < 4.78 is 5.04. The molecule has 1 heterocycles. The van der Waals surface area contributed by atoms with Crippen LogP contribution in [0.2, 0.25) is 0 Å². The number of ether oxygens (including phenoxy) is 1. The monoisotopic (exact) mass is 154 g/mol. The van der Waals surface area contributed by atoms with Crippen molar-refractivity contribution in [1.29, 1.82) is 0 Å². The van der Waals surface area contributed by atoms with E-state index in [0.29, 0.717) is 18.8 Å². The molecule has 0 bridgehead atoms. The van der Waals surface area contributed by atoms with Crippen molar-refractivity contribution in [3.8, 4) is 0 Å². The van der Waals surface area contributed by atoms with Gasteiger partial charge in [0, 0.05) is 12.8 Å². The van der Waals surface area contributed by atoms with Gasteiger partial charge in [-0.05, 0) is 6.92 Å². The molecule has 0 spiro atoms. The van der Waals surface area contributed by atoms with Gasteiger partial charge in [0.2, 0.25) is 0 Å². The summed E-state index contributed by atoms with van der Waals surface area (Å²) in [6, 6.07) is 0. The van der Waals surface area contributed by atoms with Gasteiger partial charge in [-0.2, -0.15) is 0 Å². The Morgan fingerprint density at radius 1 is 1.73 bits per heavy atom. The van der Waals surface area contributed by atoms with Crippen LogP contribution in [-0.2, 0) is 11.3 Å². The first kappa shape index (κ1) is 7.94. The van der Waals surface area contributed by atoms with Gasteiger partial charge in [-0.15, -0.1) is 0 Å². The minimum Gasteiger partial charge on any atom is -0.377 e. The fourth-order valence-electron chi connectivity index (χ4n) is 0.689. The van der Waals surface area contributed by atoms with Gasteiger partial charge in [0.05, 0.1) is 18.5 Å². The first-order chi connectivity index (χ1) is 5.34. The highest BCUT2D eigenvalue weighted by Crippen LogP contribution is 1.88. The van der Waals surface area contributed by atoms with E-state index in [-0.39, 0.29) is 5.56 Å². The molecule has 11 heavy (non-hydrogen) atoms. The minimum absolute atomic E-state index is 0.131. The van der Waals surface area contributed by atoms with Crippen molar-refractivity contribution in [2.24, 2.45) is 0 Å². The van der Waals surface area contributed by atoms with Crippen molar-refractivity contribution in [3.63, 3.8) is 0 Å². The smallest absolute Gasteiger partial charge is 0.256 e. The summed E-state index contributed by atoms with van der Waals surface area (Å²) >= 11 is 0. The van der Waals surface area contributed by atoms with E-state index in [1.807, 2.05) is 6.92 Å². The molecule has 1 N–H and O–H groups in total. The molecule has 60 valence electrons. The van der Waals surface area contributed by atoms with E-state index in [4.69, 9.17) is 4.74 Å². The average molecular weight is 154 g/mol. The molecule has 0 saturated carbocycles. The van der Waals surface area contributed by atoms with Gasteiger partial charge in [-0.25, -0.2) is 4.98 Å². The molecule has 1 rings (SSSR count). The summed E-state index contributed by atoms with van der Waals surface area (Å²) in [4.78, 5) is 17.2. The highest BCUT2D eigenvalue weighted by atomic mass is 16.5. The number of aromatic amines is 1. The molecule has 0 aliphatic heterocycles. The van der Waals surface area contributed by atoms with Gasteiger partial charge in [0.1, 0.15) is 0 Å². The minimum atomic E-state index is -0.131. The zero-order chi connectivity index (χ0) is 8.10. The molecule has 1 aromatic rings. The third kappa shape index (κ3) is 2.16. The summed E-state index contributed by atoms with van der Waals surface area (Å²) in [5.74, 6) is 0. The second-order valence-electron chi connectivity index (χ2n) is 2.04. The zero-order valence-corrected chi connectivity index (χ0v) is 6.33. The lowest BCUT2D eigenvalue weighted by atomic mass is 10.4. The SMILES string of the molecule is CCOCc1cnc[nH]c1=O. The lowest BCUT2D eigenvalue weighted by Crippen LogP contribution is -2.13. The molecular formula is C7H10N2O2. The first-order valence-electron chi connectivity index (χ1n) is 3.44. The standard InChI is InChI=1S/C7H10N2O2/c1-2-11-4-6-3-8-5-9-7(6)10/h3,5H,2,4H2,1H3,(H,8,9,10). The van der Waals surface area contributed by atoms with Crippen LogP contribution < -0.4 is 5.56 Å². The van der Waals surface area contributed by atoms with Crippen LogP contribution >= 0.6 is 0 Å². The molecule has 4 heteroatoms. The number of rotatable bonds is 3. The third-order valence-electron chi connectivity index (χ3n) is 1.25. The number of hydrogen-bond acceptors (Lipinski definition) is 3. The normalized spacial score (nSPS) is 9.91. The lowest BCUT2D eigenvalue weighted by molar-refractivity contribution is 0.133. The Kier molecular flexibility index (Phi) is 2.80. The van der Waals surface area contributed by atoms with Crippen molar-refractivity contribution >= 4 is 0 Å². The molecule has 0 aliphatic carbocycles. The summed E-state index contributed by atoms with van der Waals surface area (Å²) in [5.41, 5.74) is 0.433. The Bertz CT molecular complexity index is 269. The van der Waals surface area contributed by atoms with Gasteiger partial charge in [0.25, 0.3) is 5.56 Å². The van der Waals surface area contributed by atoms with Crippen LogP contribution in [0.4, 0.5) is 0 Å². The van der Waals surface area contributed by atoms with E-state index < -0.39 is 0 Å². The van der Waals surface area contributed by atoms with Gasteiger partial charge < -0.3 is 9.72 Å². The van der Waals surface area contributed by atoms with E-state index in [1.54, 1.807) is 0 Å². The highest BCUT2D eigenvalue weighted by Gasteiger charge is 1.96. The fourth-order valence-corrected chi connectivity index (χ4v) is 0.689.